The second kappa shape index (κ2) is 3.64. The van der Waals surface area contributed by atoms with E-state index in [0.717, 1.165) is 5.56 Å². The molecule has 2 nitrogen and oxygen atoms in total. The van der Waals surface area contributed by atoms with E-state index in [1.807, 2.05) is 0 Å². The Balaban J connectivity index is 2.81. The smallest absolute Gasteiger partial charge is 0.115 e. The minimum Gasteiger partial charge on any atom is -0.508 e. The Morgan fingerprint density at radius 3 is 2.27 bits per heavy atom. The molecule has 1 aromatic carbocycles. The number of phenols is 1. The van der Waals surface area contributed by atoms with Crippen molar-refractivity contribution in [2.75, 3.05) is 5.75 Å². The number of hydrogen-bond donors (Lipinski definition) is 3. The van der Waals surface area contributed by atoms with Gasteiger partial charge in [-0.05, 0) is 17.7 Å². The Morgan fingerprint density at radius 1 is 1.27 bits per heavy atom. The highest BCUT2D eigenvalue weighted by molar-refractivity contribution is 7.80. The number of thiol groups is 1. The molecule has 0 radical (unpaired) electrons. The highest BCUT2D eigenvalue weighted by Crippen LogP contribution is 2.16. The predicted octanol–water partition coefficient (Wildman–Crippen LogP) is 1.36. The zero-order valence-electron chi connectivity index (χ0n) is 5.94. The molecule has 0 aromatic heterocycles. The van der Waals surface area contributed by atoms with Crippen LogP contribution in [0.2, 0.25) is 0 Å². The van der Waals surface area contributed by atoms with Crippen LogP contribution in [0.15, 0.2) is 24.3 Å². The average Bonchev–Trinajstić information content (AvgIpc) is 2.05. The standard InChI is InChI=1S/C8H10O2S/c9-7-3-1-6(2-4-7)8(10)5-11/h1-4,8-11H,5H2. The third-order valence-corrected chi connectivity index (χ3v) is 1.80. The third kappa shape index (κ3) is 2.13. The molecule has 0 aliphatic heterocycles. The molecule has 0 amide bonds. The maximum absolute atomic E-state index is 9.26. The molecule has 1 rings (SSSR count). The second-order valence-electron chi connectivity index (χ2n) is 2.29. The molecule has 2 N–H and O–H groups in total. The predicted molar refractivity (Wildman–Crippen MR) is 46.9 cm³/mol. The van der Waals surface area contributed by atoms with Gasteiger partial charge in [-0.2, -0.15) is 12.6 Å². The highest BCUT2D eigenvalue weighted by atomic mass is 32.1. The number of aliphatic hydroxyl groups excluding tert-OH is 1. The van der Waals surface area contributed by atoms with Crippen LogP contribution >= 0.6 is 12.6 Å². The first-order valence-electron chi connectivity index (χ1n) is 3.32. The van der Waals surface area contributed by atoms with Crippen LogP contribution in [0, 0.1) is 0 Å². The van der Waals surface area contributed by atoms with Crippen LogP contribution in [0.1, 0.15) is 11.7 Å². The minimum absolute atomic E-state index is 0.208. The van der Waals surface area contributed by atoms with E-state index in [4.69, 9.17) is 5.11 Å². The van der Waals surface area contributed by atoms with E-state index in [1.165, 1.54) is 0 Å². The molecule has 1 atom stereocenters. The summed E-state index contributed by atoms with van der Waals surface area (Å²) < 4.78 is 0. The highest BCUT2D eigenvalue weighted by Gasteiger charge is 2.03. The Bertz CT molecular complexity index is 220. The molecule has 0 saturated carbocycles. The van der Waals surface area contributed by atoms with E-state index in [9.17, 15) is 5.11 Å². The summed E-state index contributed by atoms with van der Waals surface area (Å²) in [5.74, 6) is 0.602. The van der Waals surface area contributed by atoms with Gasteiger partial charge in [-0.1, -0.05) is 12.1 Å². The molecular weight excluding hydrogens is 160 g/mol. The van der Waals surface area contributed by atoms with Gasteiger partial charge in [0.25, 0.3) is 0 Å². The van der Waals surface area contributed by atoms with Gasteiger partial charge in [0.1, 0.15) is 5.75 Å². The summed E-state index contributed by atoms with van der Waals surface area (Å²) in [5.41, 5.74) is 0.776. The van der Waals surface area contributed by atoms with Gasteiger partial charge in [-0.15, -0.1) is 0 Å². The van der Waals surface area contributed by atoms with Gasteiger partial charge in [0.2, 0.25) is 0 Å². The van der Waals surface area contributed by atoms with E-state index < -0.39 is 6.10 Å². The fraction of sp³-hybridized carbons (Fsp3) is 0.250. The molecule has 0 bridgehead atoms. The van der Waals surface area contributed by atoms with E-state index in [-0.39, 0.29) is 5.75 Å². The summed E-state index contributed by atoms with van der Waals surface area (Å²) in [5, 5.41) is 18.2. The maximum Gasteiger partial charge on any atom is 0.115 e. The topological polar surface area (TPSA) is 40.5 Å². The lowest BCUT2D eigenvalue weighted by Gasteiger charge is -2.06. The Hall–Kier alpha value is -0.670. The summed E-state index contributed by atoms with van der Waals surface area (Å²) >= 11 is 3.94. The molecule has 1 unspecified atom stereocenters. The monoisotopic (exact) mass is 170 g/mol. The molecular formula is C8H10O2S. The van der Waals surface area contributed by atoms with E-state index in [2.05, 4.69) is 12.6 Å². The van der Waals surface area contributed by atoms with Crippen molar-refractivity contribution in [2.45, 2.75) is 6.10 Å². The summed E-state index contributed by atoms with van der Waals surface area (Å²) in [6.07, 6.45) is -0.543. The number of phenolic OH excluding ortho intramolecular Hbond substituents is 1. The van der Waals surface area contributed by atoms with Crippen LogP contribution in [0.4, 0.5) is 0 Å². The zero-order chi connectivity index (χ0) is 8.27. The van der Waals surface area contributed by atoms with Crippen LogP contribution < -0.4 is 0 Å². The van der Waals surface area contributed by atoms with Crippen LogP contribution in [-0.4, -0.2) is 16.0 Å². The Labute approximate surface area is 70.9 Å². The summed E-state index contributed by atoms with van der Waals surface area (Å²) in [7, 11) is 0. The summed E-state index contributed by atoms with van der Waals surface area (Å²) in [4.78, 5) is 0. The number of benzene rings is 1. The van der Waals surface area contributed by atoms with Crippen molar-refractivity contribution in [3.05, 3.63) is 29.8 Å². The lowest BCUT2D eigenvalue weighted by atomic mass is 10.1. The van der Waals surface area contributed by atoms with Crippen molar-refractivity contribution in [3.63, 3.8) is 0 Å². The lowest BCUT2D eigenvalue weighted by molar-refractivity contribution is 0.204. The van der Waals surface area contributed by atoms with Gasteiger partial charge in [-0.3, -0.25) is 0 Å². The van der Waals surface area contributed by atoms with Gasteiger partial charge in [-0.25, -0.2) is 0 Å². The second-order valence-corrected chi connectivity index (χ2v) is 2.66. The van der Waals surface area contributed by atoms with E-state index in [0.29, 0.717) is 5.75 Å². The SMILES string of the molecule is Oc1ccc(C(O)CS)cc1. The summed E-state index contributed by atoms with van der Waals surface area (Å²) in [6, 6.07) is 6.44. The van der Waals surface area contributed by atoms with Crippen LogP contribution in [0.25, 0.3) is 0 Å². The maximum atomic E-state index is 9.26. The van der Waals surface area contributed by atoms with Crippen molar-refractivity contribution in [1.82, 2.24) is 0 Å². The molecule has 3 heteroatoms. The Morgan fingerprint density at radius 2 is 1.82 bits per heavy atom. The number of rotatable bonds is 2. The van der Waals surface area contributed by atoms with Gasteiger partial charge >= 0.3 is 0 Å². The molecule has 0 fully saturated rings. The minimum atomic E-state index is -0.543. The van der Waals surface area contributed by atoms with Crippen LogP contribution in [-0.2, 0) is 0 Å². The van der Waals surface area contributed by atoms with Crippen molar-refractivity contribution in [2.24, 2.45) is 0 Å². The first kappa shape index (κ1) is 8.43. The Kier molecular flexibility index (Phi) is 2.79. The molecule has 0 heterocycles. The number of aliphatic hydroxyl groups is 1. The first-order chi connectivity index (χ1) is 5.24. The first-order valence-corrected chi connectivity index (χ1v) is 3.95. The van der Waals surface area contributed by atoms with Gasteiger partial charge < -0.3 is 10.2 Å². The normalized spacial score (nSPS) is 12.9. The largest absolute Gasteiger partial charge is 0.508 e. The molecule has 11 heavy (non-hydrogen) atoms. The quantitative estimate of drug-likeness (QED) is 0.586. The van der Waals surface area contributed by atoms with Crippen molar-refractivity contribution < 1.29 is 10.2 Å². The molecule has 0 aliphatic rings. The molecule has 0 saturated heterocycles. The molecule has 60 valence electrons. The molecule has 0 spiro atoms. The van der Waals surface area contributed by atoms with Crippen molar-refractivity contribution in [1.29, 1.82) is 0 Å². The third-order valence-electron chi connectivity index (χ3n) is 1.45. The van der Waals surface area contributed by atoms with Gasteiger partial charge in [0.05, 0.1) is 6.10 Å². The van der Waals surface area contributed by atoms with Gasteiger partial charge in [0, 0.05) is 5.75 Å². The van der Waals surface area contributed by atoms with E-state index >= 15 is 0 Å². The van der Waals surface area contributed by atoms with Crippen LogP contribution in [0.3, 0.4) is 0 Å². The average molecular weight is 170 g/mol. The number of aromatic hydroxyl groups is 1. The van der Waals surface area contributed by atoms with Crippen molar-refractivity contribution in [3.8, 4) is 5.75 Å². The van der Waals surface area contributed by atoms with Crippen LogP contribution in [0.5, 0.6) is 5.75 Å². The number of hydrogen-bond acceptors (Lipinski definition) is 3. The zero-order valence-corrected chi connectivity index (χ0v) is 6.83. The summed E-state index contributed by atoms with van der Waals surface area (Å²) in [6.45, 7) is 0. The van der Waals surface area contributed by atoms with Crippen molar-refractivity contribution >= 4 is 12.6 Å². The molecule has 0 aliphatic carbocycles. The fourth-order valence-corrected chi connectivity index (χ4v) is 1.01. The van der Waals surface area contributed by atoms with E-state index in [1.54, 1.807) is 24.3 Å². The fourth-order valence-electron chi connectivity index (χ4n) is 0.802. The lowest BCUT2D eigenvalue weighted by Crippen LogP contribution is -1.97. The van der Waals surface area contributed by atoms with Gasteiger partial charge in [0.15, 0.2) is 0 Å². The molecule has 1 aromatic rings.